The maximum absolute atomic E-state index is 6.32. The van der Waals surface area contributed by atoms with Gasteiger partial charge in [0, 0.05) is 0 Å². The average molecular weight is 450 g/mol. The van der Waals surface area contributed by atoms with Crippen LogP contribution < -0.4 is 9.20 Å². The standard InChI is InChI=1S/C23H30O2SSe/c1-17(26-4)19-13-10-14-20(24-2)22(19)27-21-15-8-9-16-23(21,25-3)18-11-6-5-7-12-18/h5-7,10-14,17,21H,8-9,15-16H2,1-4H3/t17-,21?,23?/m0/s1. The summed E-state index contributed by atoms with van der Waals surface area (Å²) in [7, 11) is 3.69. The van der Waals surface area contributed by atoms with Gasteiger partial charge in [-0.2, -0.15) is 0 Å². The summed E-state index contributed by atoms with van der Waals surface area (Å²) in [5, 5.41) is 0.467. The zero-order chi connectivity index (χ0) is 19.3. The van der Waals surface area contributed by atoms with Gasteiger partial charge in [-0.15, -0.1) is 0 Å². The Hall–Kier alpha value is -0.931. The van der Waals surface area contributed by atoms with Gasteiger partial charge < -0.3 is 0 Å². The number of benzene rings is 2. The Morgan fingerprint density at radius 3 is 2.52 bits per heavy atom. The Balaban J connectivity index is 2.02. The van der Waals surface area contributed by atoms with Crippen molar-refractivity contribution in [1.29, 1.82) is 0 Å². The van der Waals surface area contributed by atoms with Crippen molar-refractivity contribution in [2.24, 2.45) is 0 Å². The molecule has 1 fully saturated rings. The zero-order valence-corrected chi connectivity index (χ0v) is 19.3. The molecule has 4 heteroatoms. The minimum absolute atomic E-state index is 0.180. The molecule has 0 radical (unpaired) electrons. The van der Waals surface area contributed by atoms with E-state index in [1.165, 1.54) is 34.9 Å². The van der Waals surface area contributed by atoms with Crippen molar-refractivity contribution in [3.63, 3.8) is 0 Å². The Morgan fingerprint density at radius 1 is 1.07 bits per heavy atom. The van der Waals surface area contributed by atoms with Crippen LogP contribution in [0.3, 0.4) is 0 Å². The van der Waals surface area contributed by atoms with Crippen molar-refractivity contribution < 1.29 is 9.47 Å². The maximum atomic E-state index is 6.32. The molecule has 2 nitrogen and oxygen atoms in total. The van der Waals surface area contributed by atoms with E-state index in [0.29, 0.717) is 10.1 Å². The number of rotatable bonds is 7. The van der Waals surface area contributed by atoms with Gasteiger partial charge in [0.15, 0.2) is 0 Å². The average Bonchev–Trinajstić information content (AvgIpc) is 2.74. The van der Waals surface area contributed by atoms with E-state index in [2.05, 4.69) is 61.7 Å². The van der Waals surface area contributed by atoms with Crippen molar-refractivity contribution in [2.45, 2.75) is 48.3 Å². The molecule has 27 heavy (non-hydrogen) atoms. The van der Waals surface area contributed by atoms with E-state index in [9.17, 15) is 0 Å². The molecule has 0 bridgehead atoms. The fourth-order valence-corrected chi connectivity index (χ4v) is 8.38. The van der Waals surface area contributed by atoms with Crippen LogP contribution in [-0.4, -0.2) is 35.4 Å². The normalized spacial score (nSPS) is 23.8. The second kappa shape index (κ2) is 9.51. The summed E-state index contributed by atoms with van der Waals surface area (Å²) in [5.41, 5.74) is 2.57. The molecule has 0 N–H and O–H groups in total. The van der Waals surface area contributed by atoms with Crippen LogP contribution in [0.2, 0.25) is 4.82 Å². The van der Waals surface area contributed by atoms with Crippen molar-refractivity contribution in [3.05, 3.63) is 59.7 Å². The molecule has 1 aliphatic rings. The van der Waals surface area contributed by atoms with Gasteiger partial charge in [-0.05, 0) is 0 Å². The number of ether oxygens (including phenoxy) is 2. The molecule has 1 saturated carbocycles. The zero-order valence-electron chi connectivity index (χ0n) is 16.7. The van der Waals surface area contributed by atoms with Gasteiger partial charge in [0.2, 0.25) is 0 Å². The molecular formula is C23H30O2SSe. The van der Waals surface area contributed by atoms with E-state index in [1.54, 1.807) is 7.11 Å². The second-order valence-corrected chi connectivity index (χ2v) is 10.8. The van der Waals surface area contributed by atoms with Crippen molar-refractivity contribution in [2.75, 3.05) is 20.5 Å². The van der Waals surface area contributed by atoms with Crippen LogP contribution in [0.1, 0.15) is 49.0 Å². The number of hydrogen-bond donors (Lipinski definition) is 0. The summed E-state index contributed by atoms with van der Waals surface area (Å²) in [6, 6.07) is 17.4. The first-order valence-electron chi connectivity index (χ1n) is 9.63. The molecule has 146 valence electrons. The van der Waals surface area contributed by atoms with Gasteiger partial charge in [0.05, 0.1) is 0 Å². The summed E-state index contributed by atoms with van der Waals surface area (Å²) in [6.07, 6.45) is 7.02. The topological polar surface area (TPSA) is 18.5 Å². The van der Waals surface area contributed by atoms with Crippen LogP contribution in [0.5, 0.6) is 5.75 Å². The third-order valence-corrected chi connectivity index (χ3v) is 9.95. The molecule has 0 aromatic heterocycles. The fourth-order valence-electron chi connectivity index (χ4n) is 4.08. The molecule has 3 atom stereocenters. The van der Waals surface area contributed by atoms with Crippen LogP contribution >= 0.6 is 11.8 Å². The molecule has 0 spiro atoms. The minimum atomic E-state index is -0.180. The molecule has 1 aliphatic carbocycles. The van der Waals surface area contributed by atoms with E-state index in [4.69, 9.17) is 9.47 Å². The Bertz CT molecular complexity index is 736. The Labute approximate surface area is 174 Å². The summed E-state index contributed by atoms with van der Waals surface area (Å²) >= 11 is 2.17. The first-order valence-corrected chi connectivity index (χ1v) is 12.8. The Morgan fingerprint density at radius 2 is 1.85 bits per heavy atom. The van der Waals surface area contributed by atoms with Gasteiger partial charge in [-0.1, -0.05) is 0 Å². The first kappa shape index (κ1) is 20.8. The van der Waals surface area contributed by atoms with Gasteiger partial charge in [0.25, 0.3) is 0 Å². The summed E-state index contributed by atoms with van der Waals surface area (Å²) < 4.78 is 13.5. The van der Waals surface area contributed by atoms with Gasteiger partial charge in [-0.3, -0.25) is 0 Å². The summed E-state index contributed by atoms with van der Waals surface area (Å²) in [6.45, 7) is 2.29. The molecule has 2 aromatic rings. The van der Waals surface area contributed by atoms with Crippen LogP contribution in [0.15, 0.2) is 48.5 Å². The summed E-state index contributed by atoms with van der Waals surface area (Å²) in [4.78, 5) is 0.509. The predicted molar refractivity (Wildman–Crippen MR) is 118 cm³/mol. The predicted octanol–water partition coefficient (Wildman–Crippen LogP) is 5.35. The Kier molecular flexibility index (Phi) is 7.33. The van der Waals surface area contributed by atoms with Gasteiger partial charge >= 0.3 is 175 Å². The monoisotopic (exact) mass is 450 g/mol. The summed E-state index contributed by atoms with van der Waals surface area (Å²) in [5.74, 6) is 1.04. The van der Waals surface area contributed by atoms with E-state index in [-0.39, 0.29) is 20.6 Å². The van der Waals surface area contributed by atoms with Crippen LogP contribution in [0.25, 0.3) is 0 Å². The van der Waals surface area contributed by atoms with Crippen molar-refractivity contribution in [1.82, 2.24) is 0 Å². The molecule has 0 heterocycles. The third kappa shape index (κ3) is 4.24. The molecular weight excluding hydrogens is 419 g/mol. The van der Waals surface area contributed by atoms with Crippen molar-refractivity contribution in [3.8, 4) is 5.75 Å². The SMILES string of the molecule is COc1cccc([C@H](C)SC)c1[Se]C1CCCCC1(OC)c1ccccc1. The fraction of sp³-hybridized carbons (Fsp3) is 0.478. The van der Waals surface area contributed by atoms with E-state index >= 15 is 0 Å². The van der Waals surface area contributed by atoms with Gasteiger partial charge in [0.1, 0.15) is 0 Å². The van der Waals surface area contributed by atoms with E-state index in [1.807, 2.05) is 18.9 Å². The molecule has 0 aliphatic heterocycles. The van der Waals surface area contributed by atoms with Crippen LogP contribution in [0, 0.1) is 0 Å². The quantitative estimate of drug-likeness (QED) is 0.531. The number of thioether (sulfide) groups is 1. The molecule has 2 aromatic carbocycles. The molecule has 0 saturated heterocycles. The van der Waals surface area contributed by atoms with E-state index < -0.39 is 0 Å². The number of hydrogen-bond acceptors (Lipinski definition) is 3. The first-order chi connectivity index (χ1) is 13.2. The second-order valence-electron chi connectivity index (χ2n) is 7.07. The van der Waals surface area contributed by atoms with Crippen LogP contribution in [-0.2, 0) is 10.3 Å². The van der Waals surface area contributed by atoms with Crippen LogP contribution in [0.4, 0.5) is 0 Å². The number of methoxy groups -OCH3 is 2. The third-order valence-electron chi connectivity index (χ3n) is 5.69. The van der Waals surface area contributed by atoms with Gasteiger partial charge in [-0.25, -0.2) is 0 Å². The molecule has 3 rings (SSSR count). The molecule has 0 amide bonds. The van der Waals surface area contributed by atoms with Crippen molar-refractivity contribution >= 4 is 31.2 Å². The van der Waals surface area contributed by atoms with E-state index in [0.717, 1.165) is 12.2 Å². The molecule has 2 unspecified atom stereocenters.